The molecule has 0 aromatic carbocycles. The molecule has 0 rings (SSSR count). The number of phosphoric ester groups is 2. The first kappa shape index (κ1) is 90.8. The quantitative estimate of drug-likeness (QED) is 0.0169. The molecule has 5 unspecified atom stereocenters. The molecular formula is C75H136O17P2. The van der Waals surface area contributed by atoms with E-state index in [4.69, 9.17) is 37.0 Å². The maximum atomic E-state index is 13.0. The summed E-state index contributed by atoms with van der Waals surface area (Å²) in [5.74, 6) is -2.18. The molecule has 0 aromatic heterocycles. The van der Waals surface area contributed by atoms with E-state index in [0.29, 0.717) is 25.7 Å². The average Bonchev–Trinajstić information content (AvgIpc) is 1.67. The molecule has 0 fully saturated rings. The van der Waals surface area contributed by atoms with E-state index in [1.807, 2.05) is 0 Å². The fourth-order valence-corrected chi connectivity index (χ4v) is 11.9. The van der Waals surface area contributed by atoms with Gasteiger partial charge in [-0.2, -0.15) is 0 Å². The van der Waals surface area contributed by atoms with Gasteiger partial charge in [0.2, 0.25) is 0 Å². The van der Waals surface area contributed by atoms with Gasteiger partial charge in [-0.25, -0.2) is 9.13 Å². The molecule has 3 N–H and O–H groups in total. The van der Waals surface area contributed by atoms with Gasteiger partial charge in [-0.1, -0.05) is 288 Å². The van der Waals surface area contributed by atoms with E-state index < -0.39 is 97.5 Å². The number of carbonyl (C=O) groups excluding carboxylic acids is 4. The molecule has 548 valence electrons. The van der Waals surface area contributed by atoms with Gasteiger partial charge in [0.15, 0.2) is 12.2 Å². The van der Waals surface area contributed by atoms with Crippen molar-refractivity contribution in [3.63, 3.8) is 0 Å². The van der Waals surface area contributed by atoms with Gasteiger partial charge >= 0.3 is 39.5 Å². The molecule has 0 aliphatic carbocycles. The van der Waals surface area contributed by atoms with Crippen molar-refractivity contribution < 1.29 is 80.2 Å². The number of phosphoric acid groups is 2. The topological polar surface area (TPSA) is 237 Å². The molecule has 0 bridgehead atoms. The Bertz CT molecular complexity index is 2030. The van der Waals surface area contributed by atoms with Crippen molar-refractivity contribution in [1.82, 2.24) is 0 Å². The number of esters is 4. The number of rotatable bonds is 71. The van der Waals surface area contributed by atoms with Crippen molar-refractivity contribution in [2.24, 2.45) is 0 Å². The summed E-state index contributed by atoms with van der Waals surface area (Å²) >= 11 is 0. The van der Waals surface area contributed by atoms with Crippen LogP contribution in [0.3, 0.4) is 0 Å². The Morgan fingerprint density at radius 2 is 0.574 bits per heavy atom. The second-order valence-corrected chi connectivity index (χ2v) is 28.1. The summed E-state index contributed by atoms with van der Waals surface area (Å²) in [6, 6.07) is 0. The van der Waals surface area contributed by atoms with Gasteiger partial charge in [0, 0.05) is 25.7 Å². The van der Waals surface area contributed by atoms with Crippen LogP contribution in [-0.4, -0.2) is 96.7 Å². The van der Waals surface area contributed by atoms with Crippen molar-refractivity contribution in [3.05, 3.63) is 60.8 Å². The number of allylic oxidation sites excluding steroid dienone is 10. The summed E-state index contributed by atoms with van der Waals surface area (Å²) in [4.78, 5) is 72.7. The second kappa shape index (κ2) is 68.3. The highest BCUT2D eigenvalue weighted by molar-refractivity contribution is 7.47. The zero-order valence-electron chi connectivity index (χ0n) is 59.6. The highest BCUT2D eigenvalue weighted by Gasteiger charge is 2.30. The second-order valence-electron chi connectivity index (χ2n) is 25.2. The number of aliphatic hydroxyl groups excluding tert-OH is 1. The van der Waals surface area contributed by atoms with Crippen LogP contribution in [0.4, 0.5) is 0 Å². The van der Waals surface area contributed by atoms with E-state index in [0.717, 1.165) is 148 Å². The molecule has 19 heteroatoms. The predicted molar refractivity (Wildman–Crippen MR) is 381 cm³/mol. The lowest BCUT2D eigenvalue weighted by Crippen LogP contribution is -2.30. The zero-order chi connectivity index (χ0) is 69.0. The van der Waals surface area contributed by atoms with Crippen LogP contribution < -0.4 is 0 Å². The highest BCUT2D eigenvalue weighted by Crippen LogP contribution is 2.45. The first-order chi connectivity index (χ1) is 45.7. The van der Waals surface area contributed by atoms with Crippen LogP contribution >= 0.6 is 15.6 Å². The average molecular weight is 1370 g/mol. The lowest BCUT2D eigenvalue weighted by molar-refractivity contribution is -0.161. The zero-order valence-corrected chi connectivity index (χ0v) is 61.4. The fraction of sp³-hybridized carbons (Fsp3) is 0.813. The molecule has 5 atom stereocenters. The van der Waals surface area contributed by atoms with Gasteiger partial charge in [-0.05, 0) is 83.5 Å². The normalized spacial score (nSPS) is 14.3. The number of unbranched alkanes of at least 4 members (excludes halogenated alkanes) is 35. The van der Waals surface area contributed by atoms with Gasteiger partial charge in [-0.15, -0.1) is 0 Å². The number of carbonyl (C=O) groups is 4. The standard InChI is InChI=1S/C75H136O17P2/c1-5-9-13-17-21-25-29-33-34-38-40-44-48-52-56-60-73(78)86-66-71(92-75(80)62-58-54-50-46-42-37-32-28-24-20-16-12-8-4)68-90-94(83,84)88-64-69(76)63-87-93(81,82)89-67-70(91-74(79)61-57-53-49-45-41-36-31-27-23-19-15-11-7-3)65-85-72(77)59-55-51-47-43-39-35-30-26-22-18-14-10-6-2/h9,13,16,20-21,25,28,32-34,69-71,76H,5-8,10-12,14-15,17-19,22-24,26-27,29-31,35-68H2,1-4H3,(H,81,82)(H,83,84)/b13-9-,20-16-,25-21-,32-28-,34-33-. The van der Waals surface area contributed by atoms with E-state index >= 15 is 0 Å². The van der Waals surface area contributed by atoms with Crippen molar-refractivity contribution in [3.8, 4) is 0 Å². The maximum Gasteiger partial charge on any atom is 0.472 e. The minimum atomic E-state index is -4.97. The van der Waals surface area contributed by atoms with Crippen molar-refractivity contribution >= 4 is 39.5 Å². The van der Waals surface area contributed by atoms with E-state index in [2.05, 4.69) is 88.5 Å². The third kappa shape index (κ3) is 67.3. The minimum Gasteiger partial charge on any atom is -0.462 e. The van der Waals surface area contributed by atoms with Crippen LogP contribution in [0, 0.1) is 0 Å². The molecule has 0 radical (unpaired) electrons. The van der Waals surface area contributed by atoms with Crippen LogP contribution in [0.15, 0.2) is 60.8 Å². The summed E-state index contributed by atoms with van der Waals surface area (Å²) in [6.07, 6.45) is 65.0. The molecule has 0 saturated carbocycles. The number of hydrogen-bond acceptors (Lipinski definition) is 15. The predicted octanol–water partition coefficient (Wildman–Crippen LogP) is 21.1. The first-order valence-electron chi connectivity index (χ1n) is 37.5. The van der Waals surface area contributed by atoms with Gasteiger partial charge in [0.1, 0.15) is 19.3 Å². The van der Waals surface area contributed by atoms with Crippen molar-refractivity contribution in [1.29, 1.82) is 0 Å². The summed E-state index contributed by atoms with van der Waals surface area (Å²) in [7, 11) is -9.93. The molecule has 0 saturated heterocycles. The molecule has 0 aromatic rings. The molecule has 0 amide bonds. The van der Waals surface area contributed by atoms with Crippen molar-refractivity contribution in [2.75, 3.05) is 39.6 Å². The highest BCUT2D eigenvalue weighted by atomic mass is 31.2. The Morgan fingerprint density at radius 3 is 0.894 bits per heavy atom. The van der Waals surface area contributed by atoms with Gasteiger partial charge in [0.25, 0.3) is 0 Å². The molecule has 94 heavy (non-hydrogen) atoms. The Morgan fingerprint density at radius 1 is 0.309 bits per heavy atom. The molecule has 17 nitrogen and oxygen atoms in total. The third-order valence-electron chi connectivity index (χ3n) is 16.0. The molecule has 0 heterocycles. The van der Waals surface area contributed by atoms with Gasteiger partial charge < -0.3 is 33.8 Å². The summed E-state index contributed by atoms with van der Waals surface area (Å²) < 4.78 is 68.4. The Hall–Kier alpha value is -3.24. The van der Waals surface area contributed by atoms with Crippen LogP contribution in [0.25, 0.3) is 0 Å². The Kier molecular flexibility index (Phi) is 65.9. The maximum absolute atomic E-state index is 13.0. The van der Waals surface area contributed by atoms with E-state index in [-0.39, 0.29) is 25.7 Å². The summed E-state index contributed by atoms with van der Waals surface area (Å²) in [5, 5.41) is 10.6. The SMILES string of the molecule is CC/C=C\C/C=C\C/C=C\CCCCCCCC(=O)OCC(COP(=O)(O)OCC(O)COP(=O)(O)OCC(COC(=O)CCCCCCCCCCCCCCC)OC(=O)CCCCCCCCCCCCCCC)OC(=O)CCCCCCC/C=C\C/C=C\CCC. The van der Waals surface area contributed by atoms with Crippen LogP contribution in [0.1, 0.15) is 336 Å². The van der Waals surface area contributed by atoms with Gasteiger partial charge in [-0.3, -0.25) is 37.3 Å². The van der Waals surface area contributed by atoms with Gasteiger partial charge in [0.05, 0.1) is 26.4 Å². The number of hydrogen-bond donors (Lipinski definition) is 3. The Balaban J connectivity index is 5.32. The largest absolute Gasteiger partial charge is 0.472 e. The lowest BCUT2D eigenvalue weighted by atomic mass is 10.0. The number of ether oxygens (including phenoxy) is 4. The summed E-state index contributed by atoms with van der Waals surface area (Å²) in [5.41, 5.74) is 0. The van der Waals surface area contributed by atoms with E-state index in [1.54, 1.807) is 0 Å². The van der Waals surface area contributed by atoms with Crippen molar-refractivity contribution in [2.45, 2.75) is 354 Å². The molecular weight excluding hydrogens is 1230 g/mol. The smallest absolute Gasteiger partial charge is 0.462 e. The van der Waals surface area contributed by atoms with E-state index in [1.165, 1.54) is 109 Å². The number of aliphatic hydroxyl groups is 1. The lowest BCUT2D eigenvalue weighted by Gasteiger charge is -2.21. The van der Waals surface area contributed by atoms with Crippen LogP contribution in [-0.2, 0) is 65.4 Å². The summed E-state index contributed by atoms with van der Waals surface area (Å²) in [6.45, 7) is 4.71. The first-order valence-corrected chi connectivity index (χ1v) is 40.5. The minimum absolute atomic E-state index is 0.0779. The monoisotopic (exact) mass is 1370 g/mol. The van der Waals surface area contributed by atoms with Crippen LogP contribution in [0.2, 0.25) is 0 Å². The van der Waals surface area contributed by atoms with Crippen LogP contribution in [0.5, 0.6) is 0 Å². The molecule has 0 aliphatic rings. The third-order valence-corrected chi connectivity index (χ3v) is 17.9. The molecule has 0 aliphatic heterocycles. The molecule has 0 spiro atoms. The van der Waals surface area contributed by atoms with E-state index in [9.17, 15) is 43.2 Å². The Labute approximate surface area is 571 Å². The fourth-order valence-electron chi connectivity index (χ4n) is 10.3.